The lowest BCUT2D eigenvalue weighted by Gasteiger charge is -2.40. The molecule has 0 unspecified atom stereocenters. The van der Waals surface area contributed by atoms with Crippen molar-refractivity contribution in [3.63, 3.8) is 0 Å². The third kappa shape index (κ3) is 9.78. The lowest BCUT2D eigenvalue weighted by atomic mass is 9.85. The second-order valence-electron chi connectivity index (χ2n) is 12.3. The summed E-state index contributed by atoms with van der Waals surface area (Å²) >= 11 is 1.60. The van der Waals surface area contributed by atoms with Gasteiger partial charge in [0.05, 0.1) is 42.5 Å². The normalized spacial score (nSPS) is 17.6. The van der Waals surface area contributed by atoms with E-state index in [0.29, 0.717) is 56.0 Å². The van der Waals surface area contributed by atoms with Crippen LogP contribution in [-0.2, 0) is 35.2 Å². The number of carbonyl (C=O) groups excluding carboxylic acids is 4. The van der Waals surface area contributed by atoms with Crippen LogP contribution in [0.5, 0.6) is 0 Å². The van der Waals surface area contributed by atoms with Crippen LogP contribution in [-0.4, -0.2) is 87.8 Å². The standard InChI is InChI=1S/C31H46N4O6SSi/c1-21(36)11-15-40-17-18-41-16-12-25(37)34-27(30(3,4)5)28(38)35-14-6-13-31(35,43)29(39)32-19-23-7-9-24(10-8-23)26-22(2)33-20-42-26/h7-10,20,27H,6,11-19H2,1-5,43H3,(H,32,39)(H,34,37)/t27-,31-/m1/s1. The number of aryl methyl sites for hydroxylation is 1. The fourth-order valence-electron chi connectivity index (χ4n) is 5.02. The quantitative estimate of drug-likeness (QED) is 0.229. The van der Waals surface area contributed by atoms with E-state index >= 15 is 0 Å². The monoisotopic (exact) mass is 630 g/mol. The molecule has 2 atom stereocenters. The van der Waals surface area contributed by atoms with E-state index in [1.54, 1.807) is 16.2 Å². The minimum atomic E-state index is -0.878. The molecule has 0 radical (unpaired) electrons. The highest BCUT2D eigenvalue weighted by molar-refractivity contribution is 7.13. The van der Waals surface area contributed by atoms with Gasteiger partial charge in [0.1, 0.15) is 17.0 Å². The Balaban J connectivity index is 1.54. The van der Waals surface area contributed by atoms with Gasteiger partial charge in [-0.15, -0.1) is 11.3 Å². The predicted octanol–water partition coefficient (Wildman–Crippen LogP) is 2.35. The molecule has 0 saturated carbocycles. The number of rotatable bonds is 15. The fourth-order valence-corrected chi connectivity index (χ4v) is 6.80. The molecule has 2 N–H and O–H groups in total. The average Bonchev–Trinajstić information content (AvgIpc) is 3.57. The molecular weight excluding hydrogens is 585 g/mol. The van der Waals surface area contributed by atoms with E-state index in [0.717, 1.165) is 28.1 Å². The summed E-state index contributed by atoms with van der Waals surface area (Å²) in [5, 5.41) is 5.11. The molecule has 3 rings (SSSR count). The summed E-state index contributed by atoms with van der Waals surface area (Å²) in [6.07, 6.45) is 1.81. The number of ketones is 1. The molecular formula is C31H46N4O6SSi. The SMILES string of the molecule is CC(=O)CCOCCOCCC(=O)N[C@H](C(=O)N1CCC[C@@]1([SiH3])C(=O)NCc1ccc(-c2scnc2C)cc1)C(C)(C)C. The largest absolute Gasteiger partial charge is 0.379 e. The summed E-state index contributed by atoms with van der Waals surface area (Å²) in [6.45, 7) is 11.3. The fraction of sp³-hybridized carbons (Fsp3) is 0.581. The molecule has 0 spiro atoms. The number of hydrogen-bond donors (Lipinski definition) is 2. The highest BCUT2D eigenvalue weighted by Crippen LogP contribution is 2.31. The molecule has 3 amide bonds. The van der Waals surface area contributed by atoms with Crippen molar-refractivity contribution < 1.29 is 28.7 Å². The Bertz CT molecular complexity index is 1260. The number of nitrogens with one attached hydrogen (secondary N) is 2. The summed E-state index contributed by atoms with van der Waals surface area (Å²) < 4.78 is 10.8. The van der Waals surface area contributed by atoms with Crippen molar-refractivity contribution in [2.75, 3.05) is 33.0 Å². The molecule has 1 saturated heterocycles. The Hall–Kier alpha value is -2.93. The maximum Gasteiger partial charge on any atom is 0.246 e. The van der Waals surface area contributed by atoms with Gasteiger partial charge < -0.3 is 25.0 Å². The Morgan fingerprint density at radius 1 is 1.07 bits per heavy atom. The Labute approximate surface area is 261 Å². The van der Waals surface area contributed by atoms with Crippen molar-refractivity contribution in [2.24, 2.45) is 5.41 Å². The van der Waals surface area contributed by atoms with Crippen LogP contribution in [0, 0.1) is 12.3 Å². The molecule has 236 valence electrons. The second-order valence-corrected chi connectivity index (χ2v) is 14.8. The van der Waals surface area contributed by atoms with E-state index < -0.39 is 16.6 Å². The number of Topliss-reactive ketones (excluding diaryl/α,β-unsaturated/α-hetero) is 1. The van der Waals surface area contributed by atoms with Gasteiger partial charge in [-0.3, -0.25) is 19.2 Å². The topological polar surface area (TPSA) is 127 Å². The second kappa shape index (κ2) is 15.7. The van der Waals surface area contributed by atoms with Gasteiger partial charge in [-0.25, -0.2) is 4.98 Å². The number of ether oxygens (including phenoxy) is 2. The summed E-state index contributed by atoms with van der Waals surface area (Å²) in [7, 11) is 0.465. The minimum Gasteiger partial charge on any atom is -0.379 e. The minimum absolute atomic E-state index is 0.0712. The van der Waals surface area contributed by atoms with Gasteiger partial charge in [0.15, 0.2) is 0 Å². The van der Waals surface area contributed by atoms with Gasteiger partial charge in [0.2, 0.25) is 17.7 Å². The Morgan fingerprint density at radius 2 is 1.72 bits per heavy atom. The van der Waals surface area contributed by atoms with Gasteiger partial charge >= 0.3 is 0 Å². The molecule has 1 aliphatic heterocycles. The van der Waals surface area contributed by atoms with Crippen LogP contribution in [0.2, 0.25) is 0 Å². The maximum atomic E-state index is 13.9. The van der Waals surface area contributed by atoms with Gasteiger partial charge in [-0.05, 0) is 43.2 Å². The number of aromatic nitrogens is 1. The smallest absolute Gasteiger partial charge is 0.246 e. The van der Waals surface area contributed by atoms with Crippen molar-refractivity contribution >= 4 is 45.1 Å². The number of benzene rings is 1. The van der Waals surface area contributed by atoms with Crippen molar-refractivity contribution in [3.05, 3.63) is 41.0 Å². The van der Waals surface area contributed by atoms with E-state index in [9.17, 15) is 19.2 Å². The number of nitrogens with zero attached hydrogens (tertiary/aromatic N) is 2. The van der Waals surface area contributed by atoms with Gasteiger partial charge in [0, 0.05) is 36.2 Å². The third-order valence-corrected chi connectivity index (χ3v) is 10.1. The highest BCUT2D eigenvalue weighted by Gasteiger charge is 2.48. The molecule has 12 heteroatoms. The first-order chi connectivity index (χ1) is 20.3. The number of likely N-dealkylation sites (tertiary alicyclic amines) is 1. The maximum absolute atomic E-state index is 13.9. The molecule has 10 nitrogen and oxygen atoms in total. The highest BCUT2D eigenvalue weighted by atomic mass is 32.1. The van der Waals surface area contributed by atoms with Gasteiger partial charge in [-0.1, -0.05) is 45.0 Å². The summed E-state index contributed by atoms with van der Waals surface area (Å²) in [4.78, 5) is 58.3. The van der Waals surface area contributed by atoms with Crippen molar-refractivity contribution in [1.29, 1.82) is 0 Å². The average molecular weight is 631 g/mol. The third-order valence-electron chi connectivity index (χ3n) is 7.67. The Morgan fingerprint density at radius 3 is 2.30 bits per heavy atom. The van der Waals surface area contributed by atoms with Gasteiger partial charge in [-0.2, -0.15) is 0 Å². The van der Waals surface area contributed by atoms with E-state index in [1.807, 2.05) is 57.5 Å². The molecule has 2 heterocycles. The zero-order chi connectivity index (χ0) is 31.6. The molecule has 1 aromatic heterocycles. The number of carbonyl (C=O) groups is 4. The van der Waals surface area contributed by atoms with Crippen LogP contribution in [0.15, 0.2) is 29.8 Å². The molecule has 1 aromatic carbocycles. The molecule has 2 aromatic rings. The van der Waals surface area contributed by atoms with Crippen LogP contribution in [0.3, 0.4) is 0 Å². The Kier molecular flexibility index (Phi) is 12.6. The van der Waals surface area contributed by atoms with E-state index in [1.165, 1.54) is 6.92 Å². The first kappa shape index (κ1) is 34.6. The number of thiazole rings is 1. The molecule has 0 aliphatic carbocycles. The first-order valence-electron chi connectivity index (χ1n) is 14.9. The summed E-state index contributed by atoms with van der Waals surface area (Å²) in [6, 6.07) is 7.30. The number of hydrogen-bond acceptors (Lipinski definition) is 8. The summed E-state index contributed by atoms with van der Waals surface area (Å²) in [5.41, 5.74) is 4.35. The van der Waals surface area contributed by atoms with Crippen molar-refractivity contribution in [1.82, 2.24) is 20.5 Å². The lowest BCUT2D eigenvalue weighted by molar-refractivity contribution is -0.145. The van der Waals surface area contributed by atoms with Crippen LogP contribution in [0.1, 0.15) is 64.6 Å². The van der Waals surface area contributed by atoms with Crippen LogP contribution >= 0.6 is 11.3 Å². The van der Waals surface area contributed by atoms with Crippen LogP contribution < -0.4 is 10.6 Å². The van der Waals surface area contributed by atoms with E-state index in [-0.39, 0.29) is 36.5 Å². The van der Waals surface area contributed by atoms with E-state index in [2.05, 4.69) is 15.6 Å². The summed E-state index contributed by atoms with van der Waals surface area (Å²) in [5.74, 6) is -0.592. The molecule has 43 heavy (non-hydrogen) atoms. The van der Waals surface area contributed by atoms with Crippen molar-refractivity contribution in [2.45, 2.75) is 78.1 Å². The predicted molar refractivity (Wildman–Crippen MR) is 171 cm³/mol. The van der Waals surface area contributed by atoms with E-state index in [4.69, 9.17) is 9.47 Å². The number of amides is 3. The van der Waals surface area contributed by atoms with Crippen LogP contribution in [0.4, 0.5) is 0 Å². The molecule has 0 bridgehead atoms. The van der Waals surface area contributed by atoms with Gasteiger partial charge in [0.25, 0.3) is 0 Å². The molecule has 1 aliphatic rings. The molecule has 1 fully saturated rings. The lowest BCUT2D eigenvalue weighted by Crippen LogP contribution is -2.63. The zero-order valence-corrected chi connectivity index (χ0v) is 29.1. The zero-order valence-electron chi connectivity index (χ0n) is 26.3. The van der Waals surface area contributed by atoms with Crippen molar-refractivity contribution in [3.8, 4) is 10.4 Å². The first-order valence-corrected chi connectivity index (χ1v) is 16.7. The van der Waals surface area contributed by atoms with Crippen LogP contribution in [0.25, 0.3) is 10.4 Å².